The average molecular weight is 276 g/mol. The monoisotopic (exact) mass is 276 g/mol. The Bertz CT molecular complexity index is 478. The van der Waals surface area contributed by atoms with Crippen LogP contribution >= 0.6 is 11.3 Å². The molecule has 5 heteroatoms. The number of nitrogens with zero attached hydrogens (tertiary/aromatic N) is 4. The van der Waals surface area contributed by atoms with E-state index in [9.17, 15) is 5.26 Å². The van der Waals surface area contributed by atoms with Gasteiger partial charge in [0.15, 0.2) is 0 Å². The topological polar surface area (TPSA) is 43.2 Å². The van der Waals surface area contributed by atoms with Crippen molar-refractivity contribution in [1.29, 1.82) is 5.26 Å². The number of rotatable bonds is 4. The van der Waals surface area contributed by atoms with Crippen molar-refractivity contribution in [3.63, 3.8) is 0 Å². The lowest BCUT2D eigenvalue weighted by molar-refractivity contribution is 0.132. The highest BCUT2D eigenvalue weighted by Crippen LogP contribution is 2.42. The molecular weight excluding hydrogens is 256 g/mol. The maximum Gasteiger partial charge on any atom is 0.128 e. The van der Waals surface area contributed by atoms with Crippen LogP contribution in [0.15, 0.2) is 0 Å². The van der Waals surface area contributed by atoms with Gasteiger partial charge in [0.1, 0.15) is 16.0 Å². The van der Waals surface area contributed by atoms with E-state index in [0.717, 1.165) is 54.8 Å². The molecule has 0 aromatic carbocycles. The highest BCUT2D eigenvalue weighted by molar-refractivity contribution is 7.12. The maximum absolute atomic E-state index is 9.18. The summed E-state index contributed by atoms with van der Waals surface area (Å²) >= 11 is 1.60. The van der Waals surface area contributed by atoms with Gasteiger partial charge in [0, 0.05) is 32.1 Å². The minimum atomic E-state index is 0.580. The third-order valence-corrected chi connectivity index (χ3v) is 4.99. The van der Waals surface area contributed by atoms with Crippen LogP contribution in [0.3, 0.4) is 0 Å². The molecule has 102 valence electrons. The molecule has 1 saturated carbocycles. The first-order valence-electron chi connectivity index (χ1n) is 7.14. The quantitative estimate of drug-likeness (QED) is 0.844. The molecule has 1 aliphatic carbocycles. The van der Waals surface area contributed by atoms with E-state index in [2.05, 4.69) is 22.8 Å². The van der Waals surface area contributed by atoms with Crippen molar-refractivity contribution in [2.45, 2.75) is 32.2 Å². The number of piperazine rings is 1. The van der Waals surface area contributed by atoms with Gasteiger partial charge in [-0.25, -0.2) is 4.98 Å². The van der Waals surface area contributed by atoms with Gasteiger partial charge in [-0.15, -0.1) is 11.3 Å². The Kier molecular flexibility index (Phi) is 3.83. The van der Waals surface area contributed by atoms with Gasteiger partial charge in [0.2, 0.25) is 0 Å². The summed E-state index contributed by atoms with van der Waals surface area (Å²) in [6, 6.07) is 2.32. The van der Waals surface area contributed by atoms with Crippen LogP contribution in [0.25, 0.3) is 0 Å². The van der Waals surface area contributed by atoms with Crippen LogP contribution in [-0.2, 0) is 6.54 Å². The van der Waals surface area contributed by atoms with Crippen molar-refractivity contribution in [3.8, 4) is 6.07 Å². The zero-order valence-electron chi connectivity index (χ0n) is 11.4. The largest absolute Gasteiger partial charge is 0.301 e. The molecule has 3 rings (SSSR count). The van der Waals surface area contributed by atoms with Crippen LogP contribution < -0.4 is 0 Å². The van der Waals surface area contributed by atoms with Gasteiger partial charge < -0.3 is 4.90 Å². The first-order valence-corrected chi connectivity index (χ1v) is 7.96. The Hall–Kier alpha value is -0.960. The fraction of sp³-hybridized carbons (Fsp3) is 0.714. The summed E-state index contributed by atoms with van der Waals surface area (Å²) in [7, 11) is 0. The predicted octanol–water partition coefficient (Wildman–Crippen LogP) is 2.03. The molecule has 0 radical (unpaired) electrons. The molecule has 1 saturated heterocycles. The molecular formula is C14H20N4S. The smallest absolute Gasteiger partial charge is 0.128 e. The van der Waals surface area contributed by atoms with E-state index in [4.69, 9.17) is 4.98 Å². The van der Waals surface area contributed by atoms with E-state index < -0.39 is 0 Å². The molecule has 4 nitrogen and oxygen atoms in total. The zero-order valence-corrected chi connectivity index (χ0v) is 12.2. The van der Waals surface area contributed by atoms with Gasteiger partial charge in [0.25, 0.3) is 0 Å². The van der Waals surface area contributed by atoms with Crippen LogP contribution in [0.5, 0.6) is 0 Å². The van der Waals surface area contributed by atoms with Crippen molar-refractivity contribution in [2.24, 2.45) is 0 Å². The van der Waals surface area contributed by atoms with Crippen molar-refractivity contribution in [2.75, 3.05) is 32.7 Å². The summed E-state index contributed by atoms with van der Waals surface area (Å²) in [5.74, 6) is 0.580. The summed E-state index contributed by atoms with van der Waals surface area (Å²) in [5.41, 5.74) is 1.08. The molecule has 19 heavy (non-hydrogen) atoms. The second kappa shape index (κ2) is 5.58. The first kappa shape index (κ1) is 13.0. The number of hydrogen-bond acceptors (Lipinski definition) is 5. The highest BCUT2D eigenvalue weighted by atomic mass is 32.1. The Labute approximate surface area is 118 Å². The Morgan fingerprint density at radius 2 is 1.95 bits per heavy atom. The molecule has 0 bridgehead atoms. The summed E-state index contributed by atoms with van der Waals surface area (Å²) < 4.78 is 0. The lowest BCUT2D eigenvalue weighted by Crippen LogP contribution is -2.45. The van der Waals surface area contributed by atoms with Crippen molar-refractivity contribution >= 4 is 11.3 Å². The summed E-state index contributed by atoms with van der Waals surface area (Å²) in [6.45, 7) is 8.84. The first-order chi connectivity index (χ1) is 9.30. The van der Waals surface area contributed by atoms with Gasteiger partial charge in [-0.3, -0.25) is 4.90 Å². The summed E-state index contributed by atoms with van der Waals surface area (Å²) in [6.07, 6.45) is 2.43. The number of thiazole rings is 1. The Balaban J connectivity index is 1.62. The second-order valence-corrected chi connectivity index (χ2v) is 6.50. The highest BCUT2D eigenvalue weighted by Gasteiger charge is 2.30. The fourth-order valence-corrected chi connectivity index (χ4v) is 3.60. The molecule has 0 N–H and O–H groups in total. The molecule has 1 aliphatic heterocycles. The average Bonchev–Trinajstić information content (AvgIpc) is 3.21. The van der Waals surface area contributed by atoms with Gasteiger partial charge in [0.05, 0.1) is 12.2 Å². The number of likely N-dealkylation sites (N-methyl/N-ethyl adjacent to an activating group) is 1. The number of nitriles is 1. The third-order valence-electron chi connectivity index (χ3n) is 4.03. The van der Waals surface area contributed by atoms with Crippen molar-refractivity contribution < 1.29 is 0 Å². The van der Waals surface area contributed by atoms with E-state index >= 15 is 0 Å². The van der Waals surface area contributed by atoms with Gasteiger partial charge in [-0.1, -0.05) is 6.92 Å². The SMILES string of the molecule is CCN1CCN(Cc2nc(C3CC3)c(C#N)s2)CC1. The van der Waals surface area contributed by atoms with Gasteiger partial charge >= 0.3 is 0 Å². The summed E-state index contributed by atoms with van der Waals surface area (Å²) in [5, 5.41) is 10.3. The predicted molar refractivity (Wildman–Crippen MR) is 76.2 cm³/mol. The van der Waals surface area contributed by atoms with Crippen molar-refractivity contribution in [1.82, 2.24) is 14.8 Å². The van der Waals surface area contributed by atoms with Crippen LogP contribution in [0.4, 0.5) is 0 Å². The molecule has 1 aromatic rings. The summed E-state index contributed by atoms with van der Waals surface area (Å²) in [4.78, 5) is 10.5. The minimum absolute atomic E-state index is 0.580. The normalized spacial score (nSPS) is 21.5. The maximum atomic E-state index is 9.18. The molecule has 1 aromatic heterocycles. The molecule has 0 amide bonds. The van der Waals surface area contributed by atoms with Crippen LogP contribution in [0, 0.1) is 11.3 Å². The Morgan fingerprint density at radius 3 is 2.53 bits per heavy atom. The lowest BCUT2D eigenvalue weighted by Gasteiger charge is -2.33. The molecule has 2 fully saturated rings. The molecule has 2 aliphatic rings. The third kappa shape index (κ3) is 2.97. The fourth-order valence-electron chi connectivity index (χ4n) is 2.61. The van der Waals surface area contributed by atoms with E-state index in [1.54, 1.807) is 11.3 Å². The number of aromatic nitrogens is 1. The van der Waals surface area contributed by atoms with E-state index in [0.29, 0.717) is 5.92 Å². The van der Waals surface area contributed by atoms with Gasteiger partial charge in [-0.05, 0) is 19.4 Å². The van der Waals surface area contributed by atoms with E-state index in [1.165, 1.54) is 12.8 Å². The molecule has 0 spiro atoms. The van der Waals surface area contributed by atoms with Crippen LogP contribution in [-0.4, -0.2) is 47.5 Å². The van der Waals surface area contributed by atoms with Crippen LogP contribution in [0.1, 0.15) is 41.3 Å². The number of hydrogen-bond donors (Lipinski definition) is 0. The zero-order chi connectivity index (χ0) is 13.2. The van der Waals surface area contributed by atoms with Crippen molar-refractivity contribution in [3.05, 3.63) is 15.6 Å². The standard InChI is InChI=1S/C14H20N4S/c1-2-17-5-7-18(8-6-17)10-13-16-14(11-3-4-11)12(9-15)19-13/h11H,2-8,10H2,1H3. The second-order valence-electron chi connectivity index (χ2n) is 5.42. The van der Waals surface area contributed by atoms with Gasteiger partial charge in [-0.2, -0.15) is 5.26 Å². The lowest BCUT2D eigenvalue weighted by atomic mass is 10.2. The molecule has 2 heterocycles. The minimum Gasteiger partial charge on any atom is -0.301 e. The van der Waals surface area contributed by atoms with Crippen LogP contribution in [0.2, 0.25) is 0 Å². The van der Waals surface area contributed by atoms with E-state index in [-0.39, 0.29) is 0 Å². The Morgan fingerprint density at radius 1 is 1.26 bits per heavy atom. The molecule has 0 atom stereocenters. The molecule has 0 unspecified atom stereocenters. The van der Waals surface area contributed by atoms with E-state index in [1.807, 2.05) is 0 Å².